The van der Waals surface area contributed by atoms with Gasteiger partial charge in [0.1, 0.15) is 14.1 Å². The predicted molar refractivity (Wildman–Crippen MR) is 112 cm³/mol. The Labute approximate surface area is 152 Å². The normalized spacial score (nSPS) is 11.8. The van der Waals surface area contributed by atoms with E-state index in [0.717, 1.165) is 0 Å². The summed E-state index contributed by atoms with van der Waals surface area (Å²) in [7, 11) is 8.54. The van der Waals surface area contributed by atoms with Crippen LogP contribution in [-0.4, -0.2) is 23.2 Å². The molecule has 3 nitrogen and oxygen atoms in total. The van der Waals surface area contributed by atoms with E-state index in [-0.39, 0.29) is 0 Å². The molecule has 2 aromatic heterocycles. The van der Waals surface area contributed by atoms with E-state index in [1.807, 2.05) is 0 Å². The molecule has 5 rings (SSSR count). The lowest BCUT2D eigenvalue weighted by Gasteiger charge is -2.20. The Hall–Kier alpha value is -3.07. The smallest absolute Gasteiger partial charge is 0.201 e. The number of pyridine rings is 2. The molecule has 2 heterocycles. The van der Waals surface area contributed by atoms with E-state index in [9.17, 15) is 0 Å². The lowest BCUT2D eigenvalue weighted by molar-refractivity contribution is 0.813. The third kappa shape index (κ3) is 1.86. The fourth-order valence-electron chi connectivity index (χ4n) is 4.30. The standard InChI is InChI=1S/C23H22N3/c1-24(2)15-12-13-16-17-9-7-11-20-22(17)23(26(4)21(16)14-15)18-8-5-6-10-19(18)25(20)3/h5-14H,1-4H3/q+1. The second-order valence-electron chi connectivity index (χ2n) is 7.28. The third-order valence-corrected chi connectivity index (χ3v) is 5.65. The van der Waals surface area contributed by atoms with Gasteiger partial charge in [-0.3, -0.25) is 0 Å². The summed E-state index contributed by atoms with van der Waals surface area (Å²) in [6.45, 7) is 0. The predicted octanol–water partition coefficient (Wildman–Crippen LogP) is 4.01. The summed E-state index contributed by atoms with van der Waals surface area (Å²) < 4.78 is 6.83. The van der Waals surface area contributed by atoms with Gasteiger partial charge in [0, 0.05) is 42.4 Å². The molecule has 0 unspecified atom stereocenters. The van der Waals surface area contributed by atoms with Crippen LogP contribution in [0.2, 0.25) is 0 Å². The Kier molecular flexibility index (Phi) is 3.05. The van der Waals surface area contributed by atoms with Crippen molar-refractivity contribution in [2.75, 3.05) is 14.1 Å². The van der Waals surface area contributed by atoms with Crippen molar-refractivity contribution in [1.29, 1.82) is 0 Å². The Bertz CT molecular complexity index is 1410. The third-order valence-electron chi connectivity index (χ3n) is 5.65. The fourth-order valence-corrected chi connectivity index (χ4v) is 4.30. The van der Waals surface area contributed by atoms with Gasteiger partial charge in [0.2, 0.25) is 5.36 Å². The van der Waals surface area contributed by atoms with Crippen molar-refractivity contribution in [2.24, 2.45) is 14.1 Å². The van der Waals surface area contributed by atoms with Gasteiger partial charge < -0.3 is 9.13 Å². The Morgan fingerprint density at radius 3 is 2.19 bits per heavy atom. The minimum absolute atomic E-state index is 1.22. The molecule has 0 fully saturated rings. The molecular formula is C23H22N3+. The van der Waals surface area contributed by atoms with Gasteiger partial charge >= 0.3 is 0 Å². The van der Waals surface area contributed by atoms with Crippen molar-refractivity contribution in [2.45, 2.75) is 0 Å². The molecule has 0 aliphatic carbocycles. The molecule has 128 valence electrons. The number of nitrogens with zero attached hydrogens (tertiary/aromatic N) is 3. The topological polar surface area (TPSA) is 12.9 Å². The van der Waals surface area contributed by atoms with Crippen LogP contribution in [0.15, 0.2) is 60.7 Å². The summed E-state index contributed by atoms with van der Waals surface area (Å²) in [6.07, 6.45) is 0. The van der Waals surface area contributed by atoms with Crippen molar-refractivity contribution in [3.63, 3.8) is 0 Å². The van der Waals surface area contributed by atoms with Gasteiger partial charge in [-0.2, -0.15) is 0 Å². The SMILES string of the molecule is Cn1c2ccccc2c2c3c(cccc31)c1ccc(=[N+](C)C)cc1n2C. The van der Waals surface area contributed by atoms with E-state index in [1.165, 1.54) is 49.0 Å². The quantitative estimate of drug-likeness (QED) is 0.230. The summed E-state index contributed by atoms with van der Waals surface area (Å²) in [6, 6.07) is 22.1. The van der Waals surface area contributed by atoms with Gasteiger partial charge in [-0.25, -0.2) is 4.58 Å². The first-order chi connectivity index (χ1) is 12.6. The average Bonchev–Trinajstić information content (AvgIpc) is 2.67. The largest absolute Gasteiger partial charge is 0.344 e. The van der Waals surface area contributed by atoms with Crippen molar-refractivity contribution in [3.05, 3.63) is 66.0 Å². The molecule has 0 bridgehead atoms. The summed E-state index contributed by atoms with van der Waals surface area (Å²) in [4.78, 5) is 0. The first-order valence-corrected chi connectivity index (χ1v) is 8.97. The van der Waals surface area contributed by atoms with Crippen LogP contribution >= 0.6 is 0 Å². The highest BCUT2D eigenvalue weighted by molar-refractivity contribution is 6.24. The van der Waals surface area contributed by atoms with E-state index < -0.39 is 0 Å². The number of hydrogen-bond donors (Lipinski definition) is 0. The first kappa shape index (κ1) is 15.2. The van der Waals surface area contributed by atoms with E-state index in [0.29, 0.717) is 0 Å². The molecule has 26 heavy (non-hydrogen) atoms. The number of fused-ring (bicyclic) bond motifs is 4. The highest BCUT2D eigenvalue weighted by Gasteiger charge is 2.15. The van der Waals surface area contributed by atoms with Crippen molar-refractivity contribution in [1.82, 2.24) is 13.7 Å². The summed E-state index contributed by atoms with van der Waals surface area (Å²) >= 11 is 0. The number of aryl methyl sites for hydroxylation is 2. The Morgan fingerprint density at radius 1 is 0.654 bits per heavy atom. The van der Waals surface area contributed by atoms with Crippen molar-refractivity contribution in [3.8, 4) is 0 Å². The maximum atomic E-state index is 2.36. The molecule has 0 N–H and O–H groups in total. The molecule has 0 radical (unpaired) electrons. The van der Waals surface area contributed by atoms with E-state index in [4.69, 9.17) is 0 Å². The maximum absolute atomic E-state index is 2.36. The van der Waals surface area contributed by atoms with Crippen LogP contribution < -0.4 is 9.93 Å². The molecule has 0 spiro atoms. The number of rotatable bonds is 0. The van der Waals surface area contributed by atoms with Gasteiger partial charge in [-0.1, -0.05) is 30.3 Å². The van der Waals surface area contributed by atoms with Crippen LogP contribution in [0, 0.1) is 0 Å². The average molecular weight is 340 g/mol. The molecule has 0 aliphatic rings. The van der Waals surface area contributed by atoms with Gasteiger partial charge in [0.05, 0.1) is 22.1 Å². The number of benzene rings is 3. The summed E-state index contributed by atoms with van der Waals surface area (Å²) in [5, 5.41) is 6.46. The second kappa shape index (κ2) is 5.21. The zero-order chi connectivity index (χ0) is 18.0. The zero-order valence-corrected chi connectivity index (χ0v) is 15.6. The summed E-state index contributed by atoms with van der Waals surface area (Å²) in [5.41, 5.74) is 5.08. The maximum Gasteiger partial charge on any atom is 0.201 e. The van der Waals surface area contributed by atoms with Gasteiger partial charge in [-0.15, -0.1) is 0 Å². The van der Waals surface area contributed by atoms with Crippen LogP contribution in [0.1, 0.15) is 0 Å². The van der Waals surface area contributed by atoms with Gasteiger partial charge in [0.25, 0.3) is 0 Å². The van der Waals surface area contributed by atoms with E-state index in [1.54, 1.807) is 0 Å². The van der Waals surface area contributed by atoms with E-state index >= 15 is 0 Å². The van der Waals surface area contributed by atoms with Crippen molar-refractivity contribution < 1.29 is 0 Å². The molecule has 3 heteroatoms. The lowest BCUT2D eigenvalue weighted by Crippen LogP contribution is -2.21. The van der Waals surface area contributed by atoms with Gasteiger partial charge in [0.15, 0.2) is 0 Å². The molecular weight excluding hydrogens is 318 g/mol. The van der Waals surface area contributed by atoms with Crippen LogP contribution in [0.25, 0.3) is 43.6 Å². The van der Waals surface area contributed by atoms with E-state index in [2.05, 4.69) is 103 Å². The molecule has 5 aromatic rings. The highest BCUT2D eigenvalue weighted by atomic mass is 15.0. The molecule has 0 amide bonds. The molecule has 0 saturated heterocycles. The number of aromatic nitrogens is 2. The monoisotopic (exact) mass is 340 g/mol. The zero-order valence-electron chi connectivity index (χ0n) is 15.6. The number of hydrogen-bond acceptors (Lipinski definition) is 0. The Balaban J connectivity index is 2.21. The molecule has 0 aliphatic heterocycles. The lowest BCUT2D eigenvalue weighted by atomic mass is 9.99. The van der Waals surface area contributed by atoms with Crippen LogP contribution in [0.3, 0.4) is 0 Å². The van der Waals surface area contributed by atoms with Crippen LogP contribution in [0.4, 0.5) is 0 Å². The fraction of sp³-hybridized carbons (Fsp3) is 0.174. The Morgan fingerprint density at radius 2 is 1.38 bits per heavy atom. The summed E-state index contributed by atoms with van der Waals surface area (Å²) in [5.74, 6) is 0. The van der Waals surface area contributed by atoms with Crippen LogP contribution in [-0.2, 0) is 14.1 Å². The van der Waals surface area contributed by atoms with Crippen LogP contribution in [0.5, 0.6) is 0 Å². The molecule has 0 atom stereocenters. The van der Waals surface area contributed by atoms with Gasteiger partial charge in [-0.05, 0) is 23.6 Å². The molecule has 0 saturated carbocycles. The minimum atomic E-state index is 1.22. The highest BCUT2D eigenvalue weighted by Crippen LogP contribution is 2.36. The minimum Gasteiger partial charge on any atom is -0.344 e. The number of para-hydroxylation sites is 1. The second-order valence-corrected chi connectivity index (χ2v) is 7.28. The first-order valence-electron chi connectivity index (χ1n) is 8.97. The van der Waals surface area contributed by atoms with Crippen molar-refractivity contribution >= 4 is 43.6 Å². The molecule has 3 aromatic carbocycles.